The number of rotatable bonds is 5. The van der Waals surface area contributed by atoms with Gasteiger partial charge in [0.05, 0.1) is 11.4 Å². The second-order valence-electron chi connectivity index (χ2n) is 5.20. The third-order valence-corrected chi connectivity index (χ3v) is 3.78. The van der Waals surface area contributed by atoms with Crippen molar-refractivity contribution in [1.29, 1.82) is 0 Å². The van der Waals surface area contributed by atoms with E-state index >= 15 is 0 Å². The molecule has 1 atom stereocenters. The van der Waals surface area contributed by atoms with Crippen molar-refractivity contribution in [2.45, 2.75) is 20.0 Å². The number of carbonyl (C=O) groups excluding carboxylic acids is 2. The van der Waals surface area contributed by atoms with Gasteiger partial charge in [-0.3, -0.25) is 4.79 Å². The largest absolute Gasteiger partial charge is 0.449 e. The average molecular weight is 366 g/mol. The van der Waals surface area contributed by atoms with Crippen LogP contribution in [0.5, 0.6) is 0 Å². The number of benzene rings is 1. The Morgan fingerprint density at radius 1 is 1.36 bits per heavy atom. The maximum Gasteiger partial charge on any atom is 0.331 e. The topological polar surface area (TPSA) is 73.2 Å². The quantitative estimate of drug-likeness (QED) is 0.653. The molecular formula is C17H17ClFN3O3. The molecule has 1 aromatic carbocycles. The van der Waals surface area contributed by atoms with E-state index in [1.807, 2.05) is 0 Å². The Kier molecular flexibility index (Phi) is 5.93. The molecule has 0 aliphatic heterocycles. The van der Waals surface area contributed by atoms with Gasteiger partial charge >= 0.3 is 5.97 Å². The lowest BCUT2D eigenvalue weighted by molar-refractivity contribution is -0.149. The van der Waals surface area contributed by atoms with Gasteiger partial charge in [-0.1, -0.05) is 11.6 Å². The highest BCUT2D eigenvalue weighted by Gasteiger charge is 2.16. The number of hydrogen-bond donors (Lipinski definition) is 1. The molecule has 0 saturated carbocycles. The van der Waals surface area contributed by atoms with Crippen LogP contribution in [-0.2, 0) is 14.3 Å². The van der Waals surface area contributed by atoms with Gasteiger partial charge in [0.15, 0.2) is 6.10 Å². The van der Waals surface area contributed by atoms with Crippen LogP contribution >= 0.6 is 11.6 Å². The van der Waals surface area contributed by atoms with Crippen LogP contribution < -0.4 is 5.32 Å². The van der Waals surface area contributed by atoms with Gasteiger partial charge in [-0.2, -0.15) is 5.10 Å². The number of nitrogens with zero attached hydrogens (tertiary/aromatic N) is 2. The van der Waals surface area contributed by atoms with Gasteiger partial charge in [0.25, 0.3) is 5.91 Å². The third kappa shape index (κ3) is 4.45. The van der Waals surface area contributed by atoms with E-state index in [9.17, 15) is 14.0 Å². The molecule has 0 saturated heterocycles. The number of likely N-dealkylation sites (N-methyl/N-ethyl adjacent to an activating group) is 1. The number of aryl methyl sites for hydroxylation is 1. The predicted octanol–water partition coefficient (Wildman–Crippen LogP) is 2.66. The van der Waals surface area contributed by atoms with E-state index in [2.05, 4.69) is 10.4 Å². The SMILES string of the molecule is CNC(=O)[C@H](C)OC(=O)/C=C/c1c(C)nn(-c2ccc(F)cc2)c1Cl. The first kappa shape index (κ1) is 18.7. The van der Waals surface area contributed by atoms with Crippen LogP contribution in [0.15, 0.2) is 30.3 Å². The fourth-order valence-corrected chi connectivity index (χ4v) is 2.41. The second-order valence-corrected chi connectivity index (χ2v) is 5.56. The molecule has 1 aromatic heterocycles. The Morgan fingerprint density at radius 3 is 2.60 bits per heavy atom. The molecule has 8 heteroatoms. The van der Waals surface area contributed by atoms with Crippen LogP contribution in [0.4, 0.5) is 4.39 Å². The van der Waals surface area contributed by atoms with Crippen molar-refractivity contribution in [1.82, 2.24) is 15.1 Å². The Labute approximate surface area is 149 Å². The number of nitrogens with one attached hydrogen (secondary N) is 1. The zero-order chi connectivity index (χ0) is 18.6. The van der Waals surface area contributed by atoms with E-state index in [0.717, 1.165) is 0 Å². The lowest BCUT2D eigenvalue weighted by atomic mass is 10.2. The van der Waals surface area contributed by atoms with Crippen molar-refractivity contribution >= 4 is 29.6 Å². The molecule has 1 N–H and O–H groups in total. The van der Waals surface area contributed by atoms with Crippen LogP contribution in [0.1, 0.15) is 18.2 Å². The van der Waals surface area contributed by atoms with Crippen molar-refractivity contribution < 1.29 is 18.7 Å². The van der Waals surface area contributed by atoms with Gasteiger partial charge in [0.2, 0.25) is 0 Å². The molecule has 0 spiro atoms. The van der Waals surface area contributed by atoms with Crippen molar-refractivity contribution in [2.24, 2.45) is 0 Å². The number of amides is 1. The van der Waals surface area contributed by atoms with E-state index in [4.69, 9.17) is 16.3 Å². The molecule has 0 aliphatic rings. The molecule has 0 bridgehead atoms. The standard InChI is InChI=1S/C17H17ClFN3O3/c1-10-14(8-9-15(23)25-11(2)17(24)20-3)16(18)22(21-10)13-6-4-12(19)5-7-13/h4-9,11H,1-3H3,(H,20,24)/b9-8+/t11-/m0/s1. The number of ether oxygens (including phenoxy) is 1. The van der Waals surface area contributed by atoms with Crippen LogP contribution in [0, 0.1) is 12.7 Å². The predicted molar refractivity (Wildman–Crippen MR) is 91.9 cm³/mol. The molecule has 1 heterocycles. The Hall–Kier alpha value is -2.67. The lowest BCUT2D eigenvalue weighted by Crippen LogP contribution is -2.32. The number of halogens is 2. The summed E-state index contributed by atoms with van der Waals surface area (Å²) in [5.41, 5.74) is 1.69. The maximum atomic E-state index is 13.0. The molecule has 0 aliphatic carbocycles. The van der Waals surface area contributed by atoms with Crippen molar-refractivity contribution in [3.8, 4) is 5.69 Å². The molecule has 2 rings (SSSR count). The van der Waals surface area contributed by atoms with Gasteiger partial charge in [-0.25, -0.2) is 13.9 Å². The zero-order valence-corrected chi connectivity index (χ0v) is 14.7. The van der Waals surface area contributed by atoms with Crippen LogP contribution in [0.3, 0.4) is 0 Å². The van der Waals surface area contributed by atoms with Gasteiger partial charge < -0.3 is 10.1 Å². The second kappa shape index (κ2) is 7.94. The molecule has 0 unspecified atom stereocenters. The Morgan fingerprint density at radius 2 is 2.00 bits per heavy atom. The van der Waals surface area contributed by atoms with Gasteiger partial charge in [0.1, 0.15) is 11.0 Å². The summed E-state index contributed by atoms with van der Waals surface area (Å²) in [6.07, 6.45) is 1.73. The first-order chi connectivity index (χ1) is 11.8. The molecule has 0 radical (unpaired) electrons. The highest BCUT2D eigenvalue weighted by molar-refractivity contribution is 6.31. The molecular weight excluding hydrogens is 349 g/mol. The number of carbonyl (C=O) groups is 2. The minimum absolute atomic E-state index is 0.271. The van der Waals surface area contributed by atoms with Crippen molar-refractivity contribution in [3.05, 3.63) is 52.6 Å². The highest BCUT2D eigenvalue weighted by atomic mass is 35.5. The Balaban J connectivity index is 2.19. The van der Waals surface area contributed by atoms with Crippen molar-refractivity contribution in [3.63, 3.8) is 0 Å². The van der Waals surface area contributed by atoms with Crippen LogP contribution in [-0.4, -0.2) is 34.8 Å². The summed E-state index contributed by atoms with van der Waals surface area (Å²) in [7, 11) is 1.45. The summed E-state index contributed by atoms with van der Waals surface area (Å²) in [5, 5.41) is 6.94. The summed E-state index contributed by atoms with van der Waals surface area (Å²) in [5.74, 6) is -1.45. The summed E-state index contributed by atoms with van der Waals surface area (Å²) in [6, 6.07) is 5.69. The third-order valence-electron chi connectivity index (χ3n) is 3.41. The zero-order valence-electron chi connectivity index (χ0n) is 13.9. The lowest BCUT2D eigenvalue weighted by Gasteiger charge is -2.09. The fourth-order valence-electron chi connectivity index (χ4n) is 2.08. The molecule has 25 heavy (non-hydrogen) atoms. The van der Waals surface area contributed by atoms with Gasteiger partial charge in [0, 0.05) is 18.7 Å². The first-order valence-electron chi connectivity index (χ1n) is 7.44. The van der Waals surface area contributed by atoms with E-state index in [1.165, 1.54) is 42.9 Å². The minimum Gasteiger partial charge on any atom is -0.449 e. The van der Waals surface area contributed by atoms with Gasteiger partial charge in [-0.15, -0.1) is 0 Å². The summed E-state index contributed by atoms with van der Waals surface area (Å²) < 4.78 is 19.4. The monoisotopic (exact) mass is 365 g/mol. The van der Waals surface area contributed by atoms with Crippen LogP contribution in [0.25, 0.3) is 11.8 Å². The number of esters is 1. The summed E-state index contributed by atoms with van der Waals surface area (Å²) in [6.45, 7) is 3.19. The molecule has 1 amide bonds. The van der Waals surface area contributed by atoms with E-state index in [-0.39, 0.29) is 11.0 Å². The normalized spacial score (nSPS) is 12.2. The van der Waals surface area contributed by atoms with E-state index in [1.54, 1.807) is 19.1 Å². The summed E-state index contributed by atoms with van der Waals surface area (Å²) in [4.78, 5) is 23.1. The fraction of sp³-hybridized carbons (Fsp3) is 0.235. The molecule has 132 valence electrons. The maximum absolute atomic E-state index is 13.0. The number of hydrogen-bond acceptors (Lipinski definition) is 4. The summed E-state index contributed by atoms with van der Waals surface area (Å²) >= 11 is 6.31. The smallest absolute Gasteiger partial charge is 0.331 e. The van der Waals surface area contributed by atoms with E-state index < -0.39 is 18.0 Å². The Bertz CT molecular complexity index is 815. The van der Waals surface area contributed by atoms with Crippen LogP contribution in [0.2, 0.25) is 5.15 Å². The molecule has 0 fully saturated rings. The average Bonchev–Trinajstić information content (AvgIpc) is 2.87. The van der Waals surface area contributed by atoms with Gasteiger partial charge in [-0.05, 0) is 44.2 Å². The van der Waals surface area contributed by atoms with E-state index in [0.29, 0.717) is 16.9 Å². The first-order valence-corrected chi connectivity index (χ1v) is 7.82. The minimum atomic E-state index is -0.902. The van der Waals surface area contributed by atoms with Crippen molar-refractivity contribution in [2.75, 3.05) is 7.05 Å². The molecule has 2 aromatic rings. The number of aromatic nitrogens is 2. The highest BCUT2D eigenvalue weighted by Crippen LogP contribution is 2.24. The molecule has 6 nitrogen and oxygen atoms in total.